The van der Waals surface area contributed by atoms with E-state index in [9.17, 15) is 0 Å². The van der Waals surface area contributed by atoms with E-state index in [1.54, 1.807) is 6.20 Å². The van der Waals surface area contributed by atoms with Gasteiger partial charge in [0.25, 0.3) is 0 Å². The van der Waals surface area contributed by atoms with E-state index in [0.29, 0.717) is 0 Å². The number of aryl methyl sites for hydroxylation is 1. The number of nitrogens with zero attached hydrogens (tertiary/aromatic N) is 2. The monoisotopic (exact) mass is 175 g/mol. The summed E-state index contributed by atoms with van der Waals surface area (Å²) < 4.78 is 2.07. The van der Waals surface area contributed by atoms with Crippen molar-refractivity contribution in [2.75, 3.05) is 6.54 Å². The summed E-state index contributed by atoms with van der Waals surface area (Å²) in [6, 6.07) is 0. The maximum absolute atomic E-state index is 5.34. The first-order valence-electron chi connectivity index (χ1n) is 3.59. The fourth-order valence-corrected chi connectivity index (χ4v) is 0.858. The Morgan fingerprint density at radius 1 is 1.36 bits per heavy atom. The van der Waals surface area contributed by atoms with Crippen LogP contribution in [-0.2, 0) is 6.54 Å². The largest absolute Gasteiger partial charge is 0.337 e. The average Bonchev–Trinajstić information content (AvgIpc) is 2.41. The van der Waals surface area contributed by atoms with Gasteiger partial charge in [0.15, 0.2) is 0 Å². The minimum Gasteiger partial charge on any atom is -0.337 e. The summed E-state index contributed by atoms with van der Waals surface area (Å²) in [4.78, 5) is 3.93. The summed E-state index contributed by atoms with van der Waals surface area (Å²) in [7, 11) is 0. The summed E-state index contributed by atoms with van der Waals surface area (Å²) in [6.07, 6.45) is 7.83. The van der Waals surface area contributed by atoms with Crippen LogP contribution in [-0.4, -0.2) is 16.1 Å². The van der Waals surface area contributed by atoms with Gasteiger partial charge in [-0.3, -0.25) is 0 Å². The molecule has 1 heterocycles. The topological polar surface area (TPSA) is 43.8 Å². The van der Waals surface area contributed by atoms with Crippen LogP contribution in [0.2, 0.25) is 0 Å². The van der Waals surface area contributed by atoms with Crippen LogP contribution in [0.5, 0.6) is 0 Å². The number of imidazole rings is 1. The summed E-state index contributed by atoms with van der Waals surface area (Å²) in [5, 5.41) is 0. The zero-order valence-electron chi connectivity index (χ0n) is 6.44. The number of hydrogen-bond acceptors (Lipinski definition) is 2. The van der Waals surface area contributed by atoms with Gasteiger partial charge in [-0.1, -0.05) is 0 Å². The molecule has 1 rings (SSSR count). The molecule has 1 aromatic heterocycles. The van der Waals surface area contributed by atoms with Crippen molar-refractivity contribution in [2.24, 2.45) is 5.73 Å². The quantitative estimate of drug-likeness (QED) is 0.696. The molecule has 4 heteroatoms. The van der Waals surface area contributed by atoms with Crippen molar-refractivity contribution in [3.8, 4) is 0 Å². The molecule has 0 bridgehead atoms. The fraction of sp³-hybridized carbons (Fsp3) is 0.571. The second-order valence-corrected chi connectivity index (χ2v) is 2.30. The Morgan fingerprint density at radius 3 is 2.73 bits per heavy atom. The molecule has 0 saturated carbocycles. The molecular formula is C7H14ClN3. The van der Waals surface area contributed by atoms with Gasteiger partial charge in [0.1, 0.15) is 0 Å². The predicted molar refractivity (Wildman–Crippen MR) is 47.8 cm³/mol. The highest BCUT2D eigenvalue weighted by Crippen LogP contribution is 1.92. The van der Waals surface area contributed by atoms with Crippen molar-refractivity contribution >= 4 is 12.4 Å². The van der Waals surface area contributed by atoms with Crippen molar-refractivity contribution in [2.45, 2.75) is 19.4 Å². The molecule has 0 aliphatic heterocycles. The Bertz CT molecular complexity index is 162. The fourth-order valence-electron chi connectivity index (χ4n) is 0.858. The minimum absolute atomic E-state index is 0. The third kappa shape index (κ3) is 4.01. The van der Waals surface area contributed by atoms with Crippen LogP contribution < -0.4 is 5.73 Å². The maximum atomic E-state index is 5.34. The first-order chi connectivity index (χ1) is 4.93. The van der Waals surface area contributed by atoms with Crippen LogP contribution >= 0.6 is 12.4 Å². The van der Waals surface area contributed by atoms with Gasteiger partial charge in [-0.25, -0.2) is 4.98 Å². The van der Waals surface area contributed by atoms with Gasteiger partial charge >= 0.3 is 0 Å². The second kappa shape index (κ2) is 6.19. The molecular weight excluding hydrogens is 162 g/mol. The van der Waals surface area contributed by atoms with E-state index >= 15 is 0 Å². The molecule has 0 aromatic carbocycles. The van der Waals surface area contributed by atoms with Gasteiger partial charge < -0.3 is 10.3 Å². The third-order valence-corrected chi connectivity index (χ3v) is 1.43. The van der Waals surface area contributed by atoms with E-state index in [-0.39, 0.29) is 12.4 Å². The van der Waals surface area contributed by atoms with E-state index in [1.165, 1.54) is 0 Å². The Balaban J connectivity index is 0.000001000. The number of nitrogens with two attached hydrogens (primary N) is 1. The van der Waals surface area contributed by atoms with Crippen molar-refractivity contribution in [3.05, 3.63) is 18.7 Å². The molecule has 0 aliphatic carbocycles. The van der Waals surface area contributed by atoms with Crippen molar-refractivity contribution in [1.82, 2.24) is 9.55 Å². The first-order valence-corrected chi connectivity index (χ1v) is 3.59. The Labute approximate surface area is 73.0 Å². The standard InChI is InChI=1S/C7H13N3.ClH/c8-3-1-2-5-10-6-4-9-7-10;/h4,6-7H,1-3,5,8H2;1H. The van der Waals surface area contributed by atoms with E-state index in [0.717, 1.165) is 25.9 Å². The molecule has 0 spiro atoms. The van der Waals surface area contributed by atoms with Crippen LogP contribution in [0.4, 0.5) is 0 Å². The number of halogens is 1. The van der Waals surface area contributed by atoms with E-state index in [1.807, 2.05) is 12.5 Å². The van der Waals surface area contributed by atoms with Crippen LogP contribution in [0.25, 0.3) is 0 Å². The van der Waals surface area contributed by atoms with E-state index in [2.05, 4.69) is 9.55 Å². The summed E-state index contributed by atoms with van der Waals surface area (Å²) in [5.74, 6) is 0. The molecule has 0 fully saturated rings. The Kier molecular flexibility index (Phi) is 5.88. The first kappa shape index (κ1) is 10.5. The second-order valence-electron chi connectivity index (χ2n) is 2.30. The number of rotatable bonds is 4. The SMILES string of the molecule is Cl.NCCCCn1ccnc1. The Hall–Kier alpha value is -0.540. The minimum atomic E-state index is 0. The van der Waals surface area contributed by atoms with Crippen LogP contribution in [0, 0.1) is 0 Å². The molecule has 1 aromatic rings. The summed E-state index contributed by atoms with van der Waals surface area (Å²) in [6.45, 7) is 1.83. The summed E-state index contributed by atoms with van der Waals surface area (Å²) >= 11 is 0. The molecule has 0 amide bonds. The highest BCUT2D eigenvalue weighted by atomic mass is 35.5. The maximum Gasteiger partial charge on any atom is 0.0945 e. The number of hydrogen-bond donors (Lipinski definition) is 1. The molecule has 0 aliphatic rings. The van der Waals surface area contributed by atoms with Gasteiger partial charge in [-0.15, -0.1) is 12.4 Å². The molecule has 11 heavy (non-hydrogen) atoms. The van der Waals surface area contributed by atoms with Crippen LogP contribution in [0.1, 0.15) is 12.8 Å². The molecule has 0 radical (unpaired) electrons. The lowest BCUT2D eigenvalue weighted by atomic mass is 10.3. The van der Waals surface area contributed by atoms with Crippen LogP contribution in [0.3, 0.4) is 0 Å². The lowest BCUT2D eigenvalue weighted by Crippen LogP contribution is -2.01. The molecule has 0 saturated heterocycles. The lowest BCUT2D eigenvalue weighted by molar-refractivity contribution is 0.614. The van der Waals surface area contributed by atoms with E-state index < -0.39 is 0 Å². The van der Waals surface area contributed by atoms with E-state index in [4.69, 9.17) is 5.73 Å². The zero-order valence-corrected chi connectivity index (χ0v) is 7.26. The predicted octanol–water partition coefficient (Wildman–Crippen LogP) is 1.04. The normalized spacial score (nSPS) is 9.18. The zero-order chi connectivity index (χ0) is 7.23. The van der Waals surface area contributed by atoms with Gasteiger partial charge in [-0.2, -0.15) is 0 Å². The van der Waals surface area contributed by atoms with Gasteiger partial charge in [0.2, 0.25) is 0 Å². The molecule has 0 atom stereocenters. The van der Waals surface area contributed by atoms with Gasteiger partial charge in [0, 0.05) is 18.9 Å². The molecule has 2 N–H and O–H groups in total. The third-order valence-electron chi connectivity index (χ3n) is 1.43. The van der Waals surface area contributed by atoms with Crippen molar-refractivity contribution in [3.63, 3.8) is 0 Å². The number of unbranched alkanes of at least 4 members (excludes halogenated alkanes) is 1. The van der Waals surface area contributed by atoms with Gasteiger partial charge in [0.05, 0.1) is 6.33 Å². The van der Waals surface area contributed by atoms with Crippen molar-refractivity contribution < 1.29 is 0 Å². The number of aromatic nitrogens is 2. The Morgan fingerprint density at radius 2 is 2.18 bits per heavy atom. The van der Waals surface area contributed by atoms with Crippen LogP contribution in [0.15, 0.2) is 18.7 Å². The molecule has 3 nitrogen and oxygen atoms in total. The average molecular weight is 176 g/mol. The smallest absolute Gasteiger partial charge is 0.0945 e. The molecule has 0 unspecified atom stereocenters. The molecule has 64 valence electrons. The summed E-state index contributed by atoms with van der Waals surface area (Å²) in [5.41, 5.74) is 5.34. The highest BCUT2D eigenvalue weighted by molar-refractivity contribution is 5.85. The van der Waals surface area contributed by atoms with Crippen molar-refractivity contribution in [1.29, 1.82) is 0 Å². The lowest BCUT2D eigenvalue weighted by Gasteiger charge is -1.98. The van der Waals surface area contributed by atoms with Gasteiger partial charge in [-0.05, 0) is 19.4 Å². The highest BCUT2D eigenvalue weighted by Gasteiger charge is 1.87.